The Morgan fingerprint density at radius 3 is 2.47 bits per heavy atom. The van der Waals surface area contributed by atoms with Gasteiger partial charge in [0.2, 0.25) is 5.91 Å². The molecule has 0 aliphatic carbocycles. The number of benzene rings is 2. The second-order valence-electron chi connectivity index (χ2n) is 11.1. The fourth-order valence-corrected chi connectivity index (χ4v) is 5.25. The van der Waals surface area contributed by atoms with Gasteiger partial charge in [0.25, 0.3) is 0 Å². The molecule has 2 aliphatic rings. The number of carbonyl (C=O) groups is 4. The third-order valence-corrected chi connectivity index (χ3v) is 7.88. The molecule has 1 fully saturated rings. The lowest BCUT2D eigenvalue weighted by Gasteiger charge is -2.26. The van der Waals surface area contributed by atoms with E-state index in [1.807, 2.05) is 50.3 Å². The number of methoxy groups -OCH3 is 1. The zero-order valence-electron chi connectivity index (χ0n) is 26.3. The second kappa shape index (κ2) is 16.7. The highest BCUT2D eigenvalue weighted by Crippen LogP contribution is 2.43. The average molecular weight is 623 g/mol. The van der Waals surface area contributed by atoms with Crippen molar-refractivity contribution in [2.75, 3.05) is 46.6 Å². The molecule has 4 rings (SSSR count). The average Bonchev–Trinajstić information content (AvgIpc) is 3.44. The summed E-state index contributed by atoms with van der Waals surface area (Å²) in [6.45, 7) is 8.22. The van der Waals surface area contributed by atoms with Crippen LogP contribution in [0.25, 0.3) is 0 Å². The van der Waals surface area contributed by atoms with Crippen molar-refractivity contribution >= 4 is 23.8 Å². The minimum absolute atomic E-state index is 0.0472. The first-order chi connectivity index (χ1) is 21.8. The number of amides is 1. The van der Waals surface area contributed by atoms with E-state index in [1.54, 1.807) is 0 Å². The van der Waals surface area contributed by atoms with Crippen molar-refractivity contribution in [3.05, 3.63) is 69.8 Å². The van der Waals surface area contributed by atoms with E-state index in [-0.39, 0.29) is 55.5 Å². The Hall–Kier alpha value is -4.22. The minimum atomic E-state index is -0.653. The van der Waals surface area contributed by atoms with Crippen molar-refractivity contribution in [1.82, 2.24) is 10.2 Å². The lowest BCUT2D eigenvalue weighted by molar-refractivity contribution is -0.144. The van der Waals surface area contributed by atoms with Crippen LogP contribution in [0.3, 0.4) is 0 Å². The molecular weight excluding hydrogens is 580 g/mol. The molecule has 1 saturated heterocycles. The Labute approximate surface area is 263 Å². The maximum atomic E-state index is 13.0. The molecule has 2 aromatic carbocycles. The Bertz CT molecular complexity index is 1400. The van der Waals surface area contributed by atoms with Crippen molar-refractivity contribution in [2.45, 2.75) is 59.1 Å². The van der Waals surface area contributed by atoms with Gasteiger partial charge in [0.1, 0.15) is 24.5 Å². The molecule has 0 atom stereocenters. The molecule has 0 unspecified atom stereocenters. The van der Waals surface area contributed by atoms with Gasteiger partial charge in [0.15, 0.2) is 5.75 Å². The molecule has 45 heavy (non-hydrogen) atoms. The molecule has 11 nitrogen and oxygen atoms in total. The van der Waals surface area contributed by atoms with E-state index < -0.39 is 11.9 Å². The highest BCUT2D eigenvalue weighted by molar-refractivity contribution is 5.99. The molecule has 0 aromatic heterocycles. The van der Waals surface area contributed by atoms with Crippen molar-refractivity contribution in [2.24, 2.45) is 0 Å². The van der Waals surface area contributed by atoms with Gasteiger partial charge in [-0.2, -0.15) is 0 Å². The van der Waals surface area contributed by atoms with Crippen molar-refractivity contribution in [3.8, 4) is 11.5 Å². The molecular formula is C34H42N2O9. The smallest absolute Gasteiger partial charge is 0.342 e. The van der Waals surface area contributed by atoms with Crippen LogP contribution in [-0.2, 0) is 48.2 Å². The van der Waals surface area contributed by atoms with E-state index in [2.05, 4.69) is 10.2 Å². The normalized spacial score (nSPS) is 14.8. The van der Waals surface area contributed by atoms with Gasteiger partial charge in [-0.05, 0) is 37.8 Å². The molecule has 0 radical (unpaired) electrons. The van der Waals surface area contributed by atoms with E-state index in [9.17, 15) is 19.2 Å². The predicted molar refractivity (Wildman–Crippen MR) is 165 cm³/mol. The number of esters is 3. The number of rotatable bonds is 15. The standard InChI is InChI=1S/C34H42N2O9/c1-23(10-13-29(38)43-20-17-36-15-18-42-19-16-36)9-11-26-32(41-3)24(2)27-22-44-34(40)31(27)33(26)45-30(39)14-12-28(37)35-21-25-7-5-4-6-8-25/h4-9H,10-22H2,1-3H3,(H,35,37)/b23-9+. The Morgan fingerprint density at radius 1 is 1.00 bits per heavy atom. The Kier molecular flexibility index (Phi) is 12.5. The molecule has 2 aromatic rings. The van der Waals surface area contributed by atoms with Gasteiger partial charge in [-0.25, -0.2) is 4.79 Å². The van der Waals surface area contributed by atoms with Crippen LogP contribution >= 0.6 is 0 Å². The first-order valence-corrected chi connectivity index (χ1v) is 15.3. The molecule has 0 saturated carbocycles. The van der Waals surface area contributed by atoms with Crippen LogP contribution in [0.5, 0.6) is 11.5 Å². The van der Waals surface area contributed by atoms with Crippen LogP contribution < -0.4 is 14.8 Å². The number of allylic oxidation sites excluding steroid dienone is 2. The topological polar surface area (TPSA) is 130 Å². The van der Waals surface area contributed by atoms with Crippen LogP contribution in [0.15, 0.2) is 42.0 Å². The fraction of sp³-hybridized carbons (Fsp3) is 0.471. The van der Waals surface area contributed by atoms with Crippen molar-refractivity contribution in [3.63, 3.8) is 0 Å². The minimum Gasteiger partial charge on any atom is -0.496 e. The third kappa shape index (κ3) is 9.63. The largest absolute Gasteiger partial charge is 0.496 e. The number of fused-ring (bicyclic) bond motifs is 1. The van der Waals surface area contributed by atoms with Crippen LogP contribution in [0.1, 0.15) is 65.2 Å². The van der Waals surface area contributed by atoms with E-state index in [1.165, 1.54) is 7.11 Å². The summed E-state index contributed by atoms with van der Waals surface area (Å²) >= 11 is 0. The number of cyclic esters (lactones) is 1. The molecule has 2 aliphatic heterocycles. The van der Waals surface area contributed by atoms with Gasteiger partial charge in [-0.3, -0.25) is 19.3 Å². The SMILES string of the molecule is COc1c(C)c2c(c(OC(=O)CCC(=O)NCc3ccccc3)c1C/C=C(\C)CCC(=O)OCCN1CCOCC1)C(=O)OC2. The summed E-state index contributed by atoms with van der Waals surface area (Å²) in [5.74, 6) is -1.23. The lowest BCUT2D eigenvalue weighted by Crippen LogP contribution is -2.38. The molecule has 11 heteroatoms. The van der Waals surface area contributed by atoms with Gasteiger partial charge in [-0.1, -0.05) is 42.0 Å². The van der Waals surface area contributed by atoms with Crippen LogP contribution in [0.4, 0.5) is 0 Å². The summed E-state index contributed by atoms with van der Waals surface area (Å²) in [4.78, 5) is 52.6. The molecule has 1 N–H and O–H groups in total. The van der Waals surface area contributed by atoms with E-state index in [0.29, 0.717) is 56.2 Å². The fourth-order valence-electron chi connectivity index (χ4n) is 5.25. The summed E-state index contributed by atoms with van der Waals surface area (Å²) in [6, 6.07) is 9.46. The number of nitrogens with zero attached hydrogens (tertiary/aromatic N) is 1. The first kappa shape index (κ1) is 33.7. The number of morpholine rings is 1. The first-order valence-electron chi connectivity index (χ1n) is 15.3. The summed E-state index contributed by atoms with van der Waals surface area (Å²) in [5.41, 5.74) is 3.91. The molecule has 2 heterocycles. The zero-order chi connectivity index (χ0) is 32.2. The summed E-state index contributed by atoms with van der Waals surface area (Å²) in [5, 5.41) is 2.79. The van der Waals surface area contributed by atoms with Crippen LogP contribution in [-0.4, -0.2) is 75.3 Å². The quantitative estimate of drug-likeness (QED) is 0.178. The van der Waals surface area contributed by atoms with E-state index in [4.69, 9.17) is 23.7 Å². The van der Waals surface area contributed by atoms with Gasteiger partial charge < -0.3 is 29.0 Å². The second-order valence-corrected chi connectivity index (χ2v) is 11.1. The number of hydrogen-bond acceptors (Lipinski definition) is 10. The van der Waals surface area contributed by atoms with Crippen LogP contribution in [0, 0.1) is 6.92 Å². The Morgan fingerprint density at radius 2 is 1.73 bits per heavy atom. The number of carbonyl (C=O) groups excluding carboxylic acids is 4. The molecule has 0 bridgehead atoms. The van der Waals surface area contributed by atoms with Crippen molar-refractivity contribution in [1.29, 1.82) is 0 Å². The molecule has 1 amide bonds. The predicted octanol–water partition coefficient (Wildman–Crippen LogP) is 3.82. The van der Waals surface area contributed by atoms with Gasteiger partial charge in [0.05, 0.1) is 26.7 Å². The van der Waals surface area contributed by atoms with Gasteiger partial charge in [0, 0.05) is 50.1 Å². The number of hydrogen-bond donors (Lipinski definition) is 1. The van der Waals surface area contributed by atoms with E-state index >= 15 is 0 Å². The van der Waals surface area contributed by atoms with Crippen LogP contribution in [0.2, 0.25) is 0 Å². The highest BCUT2D eigenvalue weighted by atomic mass is 16.6. The number of ether oxygens (including phenoxy) is 5. The lowest BCUT2D eigenvalue weighted by atomic mass is 9.94. The monoisotopic (exact) mass is 622 g/mol. The van der Waals surface area contributed by atoms with Crippen molar-refractivity contribution < 1.29 is 42.9 Å². The summed E-state index contributed by atoms with van der Waals surface area (Å²) in [7, 11) is 1.52. The third-order valence-electron chi connectivity index (χ3n) is 7.88. The maximum Gasteiger partial charge on any atom is 0.342 e. The Balaban J connectivity index is 1.38. The molecule has 0 spiro atoms. The summed E-state index contributed by atoms with van der Waals surface area (Å²) < 4.78 is 27.5. The zero-order valence-corrected chi connectivity index (χ0v) is 26.3. The van der Waals surface area contributed by atoms with Gasteiger partial charge in [-0.15, -0.1) is 0 Å². The molecule has 242 valence electrons. The maximum absolute atomic E-state index is 13.0. The summed E-state index contributed by atoms with van der Waals surface area (Å²) in [6.07, 6.45) is 2.66. The number of nitrogens with one attached hydrogen (secondary N) is 1. The van der Waals surface area contributed by atoms with E-state index in [0.717, 1.165) is 29.8 Å². The van der Waals surface area contributed by atoms with Gasteiger partial charge >= 0.3 is 17.9 Å². The highest BCUT2D eigenvalue weighted by Gasteiger charge is 2.34.